The number of phenols is 1. The molecule has 0 bridgehead atoms. The van der Waals surface area contributed by atoms with E-state index in [0.717, 1.165) is 42.4 Å². The SMILES string of the molecule is CCC(c1cc(Br)ccc1O)N1CCC(N)CC1. The molecule has 1 aromatic carbocycles. The number of hydrogen-bond donors (Lipinski definition) is 2. The zero-order valence-electron chi connectivity index (χ0n) is 10.8. The minimum absolute atomic E-state index is 0.287. The number of halogens is 1. The number of hydrogen-bond acceptors (Lipinski definition) is 3. The van der Waals surface area contributed by atoms with Gasteiger partial charge in [0, 0.05) is 35.2 Å². The topological polar surface area (TPSA) is 49.5 Å². The second-order valence-electron chi connectivity index (χ2n) is 5.00. The van der Waals surface area contributed by atoms with E-state index in [9.17, 15) is 5.11 Å². The maximum atomic E-state index is 10.0. The number of likely N-dealkylation sites (tertiary alicyclic amines) is 1. The molecule has 18 heavy (non-hydrogen) atoms. The van der Waals surface area contributed by atoms with Gasteiger partial charge in [0.05, 0.1) is 0 Å². The van der Waals surface area contributed by atoms with Gasteiger partial charge in [-0.1, -0.05) is 22.9 Å². The second kappa shape index (κ2) is 6.04. The molecule has 1 saturated heterocycles. The predicted molar refractivity (Wildman–Crippen MR) is 77.6 cm³/mol. The van der Waals surface area contributed by atoms with Crippen LogP contribution in [-0.4, -0.2) is 29.1 Å². The van der Waals surface area contributed by atoms with E-state index in [0.29, 0.717) is 11.8 Å². The molecule has 0 spiro atoms. The van der Waals surface area contributed by atoms with Crippen LogP contribution in [0.4, 0.5) is 0 Å². The summed E-state index contributed by atoms with van der Waals surface area (Å²) in [6.45, 7) is 4.21. The molecule has 1 aliphatic rings. The smallest absolute Gasteiger partial charge is 0.120 e. The largest absolute Gasteiger partial charge is 0.508 e. The molecule has 1 atom stereocenters. The van der Waals surface area contributed by atoms with Gasteiger partial charge in [-0.2, -0.15) is 0 Å². The zero-order chi connectivity index (χ0) is 13.1. The molecule has 0 aromatic heterocycles. The first-order valence-electron chi connectivity index (χ1n) is 6.60. The van der Waals surface area contributed by atoms with Crippen molar-refractivity contribution in [1.82, 2.24) is 4.90 Å². The second-order valence-corrected chi connectivity index (χ2v) is 5.92. The van der Waals surface area contributed by atoms with Crippen LogP contribution in [0, 0.1) is 0 Å². The highest BCUT2D eigenvalue weighted by Crippen LogP contribution is 2.34. The molecule has 0 aliphatic carbocycles. The van der Waals surface area contributed by atoms with Crippen molar-refractivity contribution < 1.29 is 5.11 Å². The van der Waals surface area contributed by atoms with Crippen LogP contribution in [0.15, 0.2) is 22.7 Å². The molecule has 3 nitrogen and oxygen atoms in total. The zero-order valence-corrected chi connectivity index (χ0v) is 12.4. The lowest BCUT2D eigenvalue weighted by molar-refractivity contribution is 0.147. The number of benzene rings is 1. The van der Waals surface area contributed by atoms with Crippen molar-refractivity contribution >= 4 is 15.9 Å². The van der Waals surface area contributed by atoms with Crippen molar-refractivity contribution in [3.63, 3.8) is 0 Å². The summed E-state index contributed by atoms with van der Waals surface area (Å²) in [5.74, 6) is 0.389. The van der Waals surface area contributed by atoms with E-state index in [-0.39, 0.29) is 6.04 Å². The lowest BCUT2D eigenvalue weighted by Crippen LogP contribution is -2.41. The lowest BCUT2D eigenvalue weighted by atomic mass is 9.97. The molecule has 0 saturated carbocycles. The molecule has 3 N–H and O–H groups in total. The van der Waals surface area contributed by atoms with Gasteiger partial charge >= 0.3 is 0 Å². The average molecular weight is 313 g/mol. The van der Waals surface area contributed by atoms with Crippen molar-refractivity contribution in [1.29, 1.82) is 0 Å². The van der Waals surface area contributed by atoms with Crippen molar-refractivity contribution in [2.45, 2.75) is 38.3 Å². The maximum Gasteiger partial charge on any atom is 0.120 e. The third-order valence-corrected chi connectivity index (χ3v) is 4.24. The molecule has 1 aromatic rings. The highest BCUT2D eigenvalue weighted by molar-refractivity contribution is 9.10. The fraction of sp³-hybridized carbons (Fsp3) is 0.571. The van der Waals surface area contributed by atoms with Gasteiger partial charge in [-0.05, 0) is 37.5 Å². The Morgan fingerprint density at radius 3 is 2.72 bits per heavy atom. The number of aromatic hydroxyl groups is 1. The Morgan fingerprint density at radius 2 is 2.11 bits per heavy atom. The summed E-state index contributed by atoms with van der Waals surface area (Å²) in [7, 11) is 0. The van der Waals surface area contributed by atoms with E-state index in [1.807, 2.05) is 12.1 Å². The molecule has 1 aliphatic heterocycles. The van der Waals surface area contributed by atoms with Crippen LogP contribution in [0.2, 0.25) is 0 Å². The van der Waals surface area contributed by atoms with Crippen LogP contribution in [-0.2, 0) is 0 Å². The van der Waals surface area contributed by atoms with Crippen molar-refractivity contribution in [3.8, 4) is 5.75 Å². The quantitative estimate of drug-likeness (QED) is 0.902. The van der Waals surface area contributed by atoms with Gasteiger partial charge in [-0.25, -0.2) is 0 Å². The van der Waals surface area contributed by atoms with E-state index in [4.69, 9.17) is 5.73 Å². The van der Waals surface area contributed by atoms with E-state index >= 15 is 0 Å². The van der Waals surface area contributed by atoms with Crippen LogP contribution in [0.5, 0.6) is 5.75 Å². The summed E-state index contributed by atoms with van der Waals surface area (Å²) >= 11 is 3.48. The van der Waals surface area contributed by atoms with Gasteiger partial charge in [0.2, 0.25) is 0 Å². The van der Waals surface area contributed by atoms with Gasteiger partial charge < -0.3 is 10.8 Å². The van der Waals surface area contributed by atoms with Crippen molar-refractivity contribution in [2.24, 2.45) is 5.73 Å². The standard InChI is InChI=1S/C14H21BrN2O/c1-2-13(17-7-5-11(16)6-8-17)12-9-10(15)3-4-14(12)18/h3-4,9,11,13,18H,2,5-8,16H2,1H3. The normalized spacial score (nSPS) is 19.9. The Hall–Kier alpha value is -0.580. The first kappa shape index (κ1) is 13.8. The van der Waals surface area contributed by atoms with Crippen LogP contribution >= 0.6 is 15.9 Å². The fourth-order valence-electron chi connectivity index (χ4n) is 2.70. The summed E-state index contributed by atoms with van der Waals surface area (Å²) in [4.78, 5) is 2.44. The molecule has 0 amide bonds. The molecular weight excluding hydrogens is 292 g/mol. The summed E-state index contributed by atoms with van der Waals surface area (Å²) in [5.41, 5.74) is 6.96. The lowest BCUT2D eigenvalue weighted by Gasteiger charge is -2.36. The Balaban J connectivity index is 2.19. The van der Waals surface area contributed by atoms with E-state index < -0.39 is 0 Å². The van der Waals surface area contributed by atoms with Crippen LogP contribution in [0.3, 0.4) is 0 Å². The molecule has 0 radical (unpaired) electrons. The Labute approximate surface area is 117 Å². The van der Waals surface area contributed by atoms with Gasteiger partial charge in [0.15, 0.2) is 0 Å². The third-order valence-electron chi connectivity index (χ3n) is 3.75. The fourth-order valence-corrected chi connectivity index (χ4v) is 3.08. The molecule has 4 heteroatoms. The number of rotatable bonds is 3. The Bertz CT molecular complexity index is 403. The maximum absolute atomic E-state index is 10.0. The van der Waals surface area contributed by atoms with Crippen LogP contribution < -0.4 is 5.73 Å². The summed E-state index contributed by atoms with van der Waals surface area (Å²) in [5, 5.41) is 10.0. The monoisotopic (exact) mass is 312 g/mol. The van der Waals surface area contributed by atoms with Gasteiger partial charge in [-0.15, -0.1) is 0 Å². The minimum Gasteiger partial charge on any atom is -0.508 e. The van der Waals surface area contributed by atoms with E-state index in [1.54, 1.807) is 6.07 Å². The van der Waals surface area contributed by atoms with E-state index in [1.165, 1.54) is 0 Å². The predicted octanol–water partition coefficient (Wildman–Crippen LogP) is 3.03. The van der Waals surface area contributed by atoms with Gasteiger partial charge in [-0.3, -0.25) is 4.90 Å². The molecule has 1 unspecified atom stereocenters. The van der Waals surface area contributed by atoms with Gasteiger partial charge in [0.25, 0.3) is 0 Å². The Morgan fingerprint density at radius 1 is 1.44 bits per heavy atom. The third kappa shape index (κ3) is 3.05. The molecule has 1 fully saturated rings. The van der Waals surface area contributed by atoms with Crippen molar-refractivity contribution in [3.05, 3.63) is 28.2 Å². The molecule has 100 valence electrons. The first-order valence-corrected chi connectivity index (χ1v) is 7.39. The van der Waals surface area contributed by atoms with Crippen LogP contribution in [0.25, 0.3) is 0 Å². The van der Waals surface area contributed by atoms with Crippen molar-refractivity contribution in [2.75, 3.05) is 13.1 Å². The number of nitrogens with zero attached hydrogens (tertiary/aromatic N) is 1. The number of phenolic OH excluding ortho intramolecular Hbond substituents is 1. The summed E-state index contributed by atoms with van der Waals surface area (Å²) < 4.78 is 1.02. The molecule has 2 rings (SSSR count). The summed E-state index contributed by atoms with van der Waals surface area (Å²) in [6.07, 6.45) is 3.09. The Kier molecular flexibility index (Phi) is 4.65. The number of piperidine rings is 1. The highest BCUT2D eigenvalue weighted by atomic mass is 79.9. The van der Waals surface area contributed by atoms with Crippen LogP contribution in [0.1, 0.15) is 37.8 Å². The summed E-state index contributed by atoms with van der Waals surface area (Å²) in [6, 6.07) is 6.29. The molecular formula is C14H21BrN2O. The van der Waals surface area contributed by atoms with E-state index in [2.05, 4.69) is 27.8 Å². The molecule has 1 heterocycles. The first-order chi connectivity index (χ1) is 8.61. The number of nitrogens with two attached hydrogens (primary N) is 1. The van der Waals surface area contributed by atoms with Gasteiger partial charge in [0.1, 0.15) is 5.75 Å². The average Bonchev–Trinajstić information content (AvgIpc) is 2.37. The minimum atomic E-state index is 0.287. The highest BCUT2D eigenvalue weighted by Gasteiger charge is 2.25.